The molecule has 0 saturated carbocycles. The number of hydrazine groups is 1. The first kappa shape index (κ1) is 12.5. The Morgan fingerprint density at radius 1 is 1.11 bits per heavy atom. The van der Waals surface area contributed by atoms with Crippen LogP contribution in [0, 0.1) is 6.92 Å². The third kappa shape index (κ3) is 3.02. The molecule has 92 valence electrons. The Morgan fingerprint density at radius 3 is 2.56 bits per heavy atom. The summed E-state index contributed by atoms with van der Waals surface area (Å²) in [6.07, 6.45) is 0. The van der Waals surface area contributed by atoms with Crippen LogP contribution in [0.1, 0.15) is 15.9 Å². The Balaban J connectivity index is 2.06. The van der Waals surface area contributed by atoms with Gasteiger partial charge < -0.3 is 0 Å². The van der Waals surface area contributed by atoms with E-state index in [1.54, 1.807) is 12.1 Å². The number of carbonyl (C=O) groups is 1. The first-order chi connectivity index (χ1) is 8.66. The van der Waals surface area contributed by atoms with Gasteiger partial charge in [-0.05, 0) is 31.2 Å². The Bertz CT molecular complexity index is 555. The molecule has 0 fully saturated rings. The zero-order chi connectivity index (χ0) is 13.0. The van der Waals surface area contributed by atoms with Gasteiger partial charge in [-0.3, -0.25) is 15.6 Å². The second kappa shape index (κ2) is 5.56. The first-order valence-electron chi connectivity index (χ1n) is 5.54. The van der Waals surface area contributed by atoms with E-state index in [9.17, 15) is 4.79 Å². The molecule has 0 aliphatic rings. The number of carbonyl (C=O) groups excluding carboxylic acids is 1. The summed E-state index contributed by atoms with van der Waals surface area (Å²) in [5, 5.41) is 0.438. The molecule has 1 amide bonds. The molecule has 18 heavy (non-hydrogen) atoms. The molecular weight excluding hydrogens is 248 g/mol. The van der Waals surface area contributed by atoms with Crippen LogP contribution in [0.25, 0.3) is 0 Å². The lowest BCUT2D eigenvalue weighted by Crippen LogP contribution is -2.29. The van der Waals surface area contributed by atoms with E-state index in [0.717, 1.165) is 11.3 Å². The summed E-state index contributed by atoms with van der Waals surface area (Å²) in [6, 6.07) is 14.7. The van der Waals surface area contributed by atoms with Crippen LogP contribution in [0.5, 0.6) is 0 Å². The Kier molecular flexibility index (Phi) is 3.85. The number of hydrogen-bond donors (Lipinski definition) is 2. The van der Waals surface area contributed by atoms with Crippen LogP contribution in [-0.2, 0) is 0 Å². The molecular formula is C14H13ClN2O. The molecule has 3 nitrogen and oxygen atoms in total. The molecule has 0 aliphatic heterocycles. The van der Waals surface area contributed by atoms with Gasteiger partial charge in [-0.15, -0.1) is 0 Å². The fourth-order valence-electron chi connectivity index (χ4n) is 1.53. The molecule has 2 N–H and O–H groups in total. The van der Waals surface area contributed by atoms with E-state index in [4.69, 9.17) is 11.6 Å². The van der Waals surface area contributed by atoms with Crippen molar-refractivity contribution < 1.29 is 4.79 Å². The van der Waals surface area contributed by atoms with Gasteiger partial charge in [-0.2, -0.15) is 0 Å². The Morgan fingerprint density at radius 2 is 1.83 bits per heavy atom. The van der Waals surface area contributed by atoms with Crippen molar-refractivity contribution >= 4 is 23.2 Å². The predicted octanol–water partition coefficient (Wildman–Crippen LogP) is 3.41. The summed E-state index contributed by atoms with van der Waals surface area (Å²) in [5.74, 6) is -0.257. The standard InChI is InChI=1S/C14H13ClN2O/c1-10-7-8-13(15)12(9-10)14(18)17-16-11-5-3-2-4-6-11/h2-9,16H,1H3,(H,17,18). The summed E-state index contributed by atoms with van der Waals surface area (Å²) < 4.78 is 0. The Labute approximate surface area is 111 Å². The van der Waals surface area contributed by atoms with Gasteiger partial charge in [0.15, 0.2) is 0 Å². The maximum absolute atomic E-state index is 11.9. The van der Waals surface area contributed by atoms with Crippen LogP contribution in [0.2, 0.25) is 5.02 Å². The van der Waals surface area contributed by atoms with Crippen LogP contribution in [0.4, 0.5) is 5.69 Å². The van der Waals surface area contributed by atoms with Crippen molar-refractivity contribution in [3.63, 3.8) is 0 Å². The minimum Gasteiger partial charge on any atom is -0.298 e. The van der Waals surface area contributed by atoms with Crippen molar-refractivity contribution in [1.82, 2.24) is 5.43 Å². The van der Waals surface area contributed by atoms with E-state index in [2.05, 4.69) is 10.9 Å². The predicted molar refractivity (Wildman–Crippen MR) is 73.7 cm³/mol. The highest BCUT2D eigenvalue weighted by molar-refractivity contribution is 6.33. The summed E-state index contributed by atoms with van der Waals surface area (Å²) in [5.41, 5.74) is 7.70. The lowest BCUT2D eigenvalue weighted by Gasteiger charge is -2.09. The number of amides is 1. The molecule has 0 atom stereocenters. The molecule has 0 heterocycles. The van der Waals surface area contributed by atoms with Crippen LogP contribution < -0.4 is 10.9 Å². The molecule has 2 aromatic rings. The van der Waals surface area contributed by atoms with Crippen LogP contribution in [-0.4, -0.2) is 5.91 Å². The van der Waals surface area contributed by atoms with Gasteiger partial charge in [-0.25, -0.2) is 0 Å². The van der Waals surface area contributed by atoms with Gasteiger partial charge in [0, 0.05) is 0 Å². The van der Waals surface area contributed by atoms with Crippen LogP contribution in [0.3, 0.4) is 0 Å². The average Bonchev–Trinajstić information content (AvgIpc) is 2.40. The van der Waals surface area contributed by atoms with Crippen molar-refractivity contribution in [3.05, 3.63) is 64.7 Å². The number of anilines is 1. The quantitative estimate of drug-likeness (QED) is 0.831. The molecule has 0 aromatic heterocycles. The van der Waals surface area contributed by atoms with Gasteiger partial charge in [0.1, 0.15) is 0 Å². The van der Waals surface area contributed by atoms with Crippen LogP contribution in [0.15, 0.2) is 48.5 Å². The normalized spacial score (nSPS) is 9.89. The highest BCUT2D eigenvalue weighted by Gasteiger charge is 2.09. The van der Waals surface area contributed by atoms with E-state index in [0.29, 0.717) is 10.6 Å². The molecule has 2 rings (SSSR count). The maximum Gasteiger partial charge on any atom is 0.271 e. The fraction of sp³-hybridized carbons (Fsp3) is 0.0714. The van der Waals surface area contributed by atoms with Crippen molar-refractivity contribution in [1.29, 1.82) is 0 Å². The molecule has 0 radical (unpaired) electrons. The second-order valence-corrected chi connectivity index (χ2v) is 4.34. The van der Waals surface area contributed by atoms with Crippen molar-refractivity contribution in [2.75, 3.05) is 5.43 Å². The number of nitrogens with one attached hydrogen (secondary N) is 2. The molecule has 0 unspecified atom stereocenters. The number of para-hydroxylation sites is 1. The molecule has 0 spiro atoms. The number of aryl methyl sites for hydroxylation is 1. The summed E-state index contributed by atoms with van der Waals surface area (Å²) in [4.78, 5) is 11.9. The molecule has 0 bridgehead atoms. The second-order valence-electron chi connectivity index (χ2n) is 3.93. The fourth-order valence-corrected chi connectivity index (χ4v) is 1.73. The van der Waals surface area contributed by atoms with Gasteiger partial charge in [-0.1, -0.05) is 41.4 Å². The minimum absolute atomic E-state index is 0.257. The largest absolute Gasteiger partial charge is 0.298 e. The highest BCUT2D eigenvalue weighted by Crippen LogP contribution is 2.17. The van der Waals surface area contributed by atoms with Gasteiger partial charge >= 0.3 is 0 Å². The zero-order valence-corrected chi connectivity index (χ0v) is 10.7. The van der Waals surface area contributed by atoms with E-state index in [1.165, 1.54) is 0 Å². The first-order valence-corrected chi connectivity index (χ1v) is 5.92. The summed E-state index contributed by atoms with van der Waals surface area (Å²) in [7, 11) is 0. The maximum atomic E-state index is 11.9. The zero-order valence-electron chi connectivity index (χ0n) is 9.91. The van der Waals surface area contributed by atoms with Gasteiger partial charge in [0.25, 0.3) is 5.91 Å². The van der Waals surface area contributed by atoms with Crippen molar-refractivity contribution in [3.8, 4) is 0 Å². The number of halogens is 1. The van der Waals surface area contributed by atoms with Gasteiger partial charge in [0.05, 0.1) is 16.3 Å². The SMILES string of the molecule is Cc1ccc(Cl)c(C(=O)NNc2ccccc2)c1. The lowest BCUT2D eigenvalue weighted by molar-refractivity contribution is 0.0962. The summed E-state index contributed by atoms with van der Waals surface area (Å²) >= 11 is 5.98. The third-order valence-corrected chi connectivity index (χ3v) is 2.79. The average molecular weight is 261 g/mol. The van der Waals surface area contributed by atoms with E-state index in [1.807, 2.05) is 43.3 Å². The lowest BCUT2D eigenvalue weighted by atomic mass is 10.1. The van der Waals surface area contributed by atoms with Gasteiger partial charge in [0.2, 0.25) is 0 Å². The third-order valence-electron chi connectivity index (χ3n) is 2.46. The number of rotatable bonds is 3. The number of hydrogen-bond acceptors (Lipinski definition) is 2. The van der Waals surface area contributed by atoms with E-state index < -0.39 is 0 Å². The van der Waals surface area contributed by atoms with E-state index in [-0.39, 0.29) is 5.91 Å². The van der Waals surface area contributed by atoms with Crippen molar-refractivity contribution in [2.24, 2.45) is 0 Å². The van der Waals surface area contributed by atoms with Crippen LogP contribution >= 0.6 is 11.6 Å². The monoisotopic (exact) mass is 260 g/mol. The Hall–Kier alpha value is -2.00. The van der Waals surface area contributed by atoms with Crippen molar-refractivity contribution in [2.45, 2.75) is 6.92 Å². The summed E-state index contributed by atoms with van der Waals surface area (Å²) in [6.45, 7) is 1.91. The minimum atomic E-state index is -0.257. The molecule has 0 saturated heterocycles. The molecule has 0 aliphatic carbocycles. The van der Waals surface area contributed by atoms with E-state index >= 15 is 0 Å². The molecule has 4 heteroatoms. The number of benzene rings is 2. The molecule has 2 aromatic carbocycles. The highest BCUT2D eigenvalue weighted by atomic mass is 35.5. The smallest absolute Gasteiger partial charge is 0.271 e. The topological polar surface area (TPSA) is 41.1 Å².